The summed E-state index contributed by atoms with van der Waals surface area (Å²) in [7, 11) is 5.07. The zero-order valence-electron chi connectivity index (χ0n) is 8.28. The van der Waals surface area contributed by atoms with E-state index in [9.17, 15) is 0 Å². The standard InChI is InChI=1S/C7H21N3Si/c1-6(2)10-7(11,9-4)5-8-3/h6,8-10H,5H2,1-4,11H3. The van der Waals surface area contributed by atoms with Crippen molar-refractivity contribution in [3.63, 3.8) is 0 Å². The predicted octanol–water partition coefficient (Wildman–Crippen LogP) is -1.56. The third-order valence-corrected chi connectivity index (χ3v) is 2.83. The highest BCUT2D eigenvalue weighted by Crippen LogP contribution is 1.92. The number of nitrogens with one attached hydrogen (secondary N) is 3. The Morgan fingerprint density at radius 3 is 2.18 bits per heavy atom. The molecule has 0 saturated carbocycles. The molecule has 0 aromatic carbocycles. The van der Waals surface area contributed by atoms with E-state index in [0.717, 1.165) is 16.8 Å². The van der Waals surface area contributed by atoms with Gasteiger partial charge >= 0.3 is 0 Å². The van der Waals surface area contributed by atoms with Crippen LogP contribution in [0.2, 0.25) is 0 Å². The van der Waals surface area contributed by atoms with Crippen molar-refractivity contribution >= 4 is 10.2 Å². The van der Waals surface area contributed by atoms with E-state index in [4.69, 9.17) is 0 Å². The summed E-state index contributed by atoms with van der Waals surface area (Å²) in [5.74, 6) is 0. The van der Waals surface area contributed by atoms with Gasteiger partial charge in [-0.2, -0.15) is 0 Å². The van der Waals surface area contributed by atoms with E-state index >= 15 is 0 Å². The van der Waals surface area contributed by atoms with Gasteiger partial charge in [-0.15, -0.1) is 0 Å². The molecule has 0 bridgehead atoms. The first-order chi connectivity index (χ1) is 5.04. The van der Waals surface area contributed by atoms with E-state index in [2.05, 4.69) is 29.8 Å². The molecular formula is C7H21N3Si. The Morgan fingerprint density at radius 2 is 1.91 bits per heavy atom. The third kappa shape index (κ3) is 4.52. The lowest BCUT2D eigenvalue weighted by molar-refractivity contribution is 0.355. The monoisotopic (exact) mass is 175 g/mol. The van der Waals surface area contributed by atoms with E-state index in [0.29, 0.717) is 6.04 Å². The first-order valence-corrected chi connectivity index (χ1v) is 5.15. The minimum absolute atomic E-state index is 0.142. The van der Waals surface area contributed by atoms with E-state index in [1.165, 1.54) is 0 Å². The van der Waals surface area contributed by atoms with Crippen LogP contribution in [-0.2, 0) is 0 Å². The molecule has 0 aliphatic heterocycles. The molecule has 0 aromatic rings. The molecule has 3 nitrogen and oxygen atoms in total. The highest BCUT2D eigenvalue weighted by atomic mass is 28.1. The summed E-state index contributed by atoms with van der Waals surface area (Å²) < 4.78 is 0. The van der Waals surface area contributed by atoms with Crippen LogP contribution in [0.1, 0.15) is 13.8 Å². The van der Waals surface area contributed by atoms with E-state index in [-0.39, 0.29) is 5.29 Å². The van der Waals surface area contributed by atoms with E-state index in [1.807, 2.05) is 14.1 Å². The van der Waals surface area contributed by atoms with Crippen molar-refractivity contribution in [3.8, 4) is 0 Å². The fourth-order valence-corrected chi connectivity index (χ4v) is 2.13. The Kier molecular flexibility index (Phi) is 4.91. The van der Waals surface area contributed by atoms with Crippen molar-refractivity contribution in [3.05, 3.63) is 0 Å². The fourth-order valence-electron chi connectivity index (χ4n) is 1.20. The predicted molar refractivity (Wildman–Crippen MR) is 53.9 cm³/mol. The molecule has 3 N–H and O–H groups in total. The lowest BCUT2D eigenvalue weighted by Crippen LogP contribution is -2.63. The Hall–Kier alpha value is 0.0969. The summed E-state index contributed by atoms with van der Waals surface area (Å²) in [6.07, 6.45) is 0. The first kappa shape index (κ1) is 11.1. The van der Waals surface area contributed by atoms with Gasteiger partial charge in [-0.3, -0.25) is 5.32 Å². The summed E-state index contributed by atoms with van der Waals surface area (Å²) in [5.41, 5.74) is 0. The van der Waals surface area contributed by atoms with Gasteiger partial charge in [-0.05, 0) is 27.9 Å². The minimum Gasteiger partial charge on any atom is -0.317 e. The minimum atomic E-state index is 0.142. The van der Waals surface area contributed by atoms with E-state index in [1.54, 1.807) is 0 Å². The second kappa shape index (κ2) is 4.87. The maximum Gasteiger partial charge on any atom is 0.0596 e. The molecule has 68 valence electrons. The zero-order valence-corrected chi connectivity index (χ0v) is 10.3. The molecule has 0 aliphatic rings. The second-order valence-corrected chi connectivity index (χ2v) is 5.12. The third-order valence-electron chi connectivity index (χ3n) is 1.69. The largest absolute Gasteiger partial charge is 0.317 e. The van der Waals surface area contributed by atoms with Gasteiger partial charge in [0.15, 0.2) is 0 Å². The normalized spacial score (nSPS) is 17.2. The average Bonchev–Trinajstić information content (AvgIpc) is 1.87. The molecule has 0 aromatic heterocycles. The van der Waals surface area contributed by atoms with Crippen LogP contribution < -0.4 is 16.0 Å². The molecular weight excluding hydrogens is 154 g/mol. The number of hydrogen-bond acceptors (Lipinski definition) is 3. The van der Waals surface area contributed by atoms with Gasteiger partial charge in [0.2, 0.25) is 0 Å². The fraction of sp³-hybridized carbons (Fsp3) is 1.00. The number of rotatable bonds is 5. The molecule has 0 fully saturated rings. The van der Waals surface area contributed by atoms with Crippen LogP contribution in [0.3, 0.4) is 0 Å². The lowest BCUT2D eigenvalue weighted by Gasteiger charge is -2.32. The molecule has 0 saturated heterocycles. The molecule has 1 atom stereocenters. The smallest absolute Gasteiger partial charge is 0.0596 e. The van der Waals surface area contributed by atoms with Gasteiger partial charge < -0.3 is 10.6 Å². The molecule has 0 radical (unpaired) electrons. The summed E-state index contributed by atoms with van der Waals surface area (Å²) >= 11 is 0. The van der Waals surface area contributed by atoms with Crippen LogP contribution in [0.25, 0.3) is 0 Å². The second-order valence-electron chi connectivity index (χ2n) is 3.41. The topological polar surface area (TPSA) is 36.1 Å². The summed E-state index contributed by atoms with van der Waals surface area (Å²) in [5, 5.41) is 10.1. The van der Waals surface area contributed by atoms with Crippen molar-refractivity contribution in [1.29, 1.82) is 0 Å². The highest BCUT2D eigenvalue weighted by molar-refractivity contribution is 6.15. The van der Waals surface area contributed by atoms with Crippen molar-refractivity contribution in [2.45, 2.75) is 25.2 Å². The average molecular weight is 175 g/mol. The Balaban J connectivity index is 3.87. The number of likely N-dealkylation sites (N-methyl/N-ethyl adjacent to an activating group) is 2. The Morgan fingerprint density at radius 1 is 1.36 bits per heavy atom. The lowest BCUT2D eigenvalue weighted by atomic mass is 10.3. The maximum absolute atomic E-state index is 3.49. The van der Waals surface area contributed by atoms with Crippen molar-refractivity contribution < 1.29 is 0 Å². The summed E-state index contributed by atoms with van der Waals surface area (Å²) in [4.78, 5) is 0. The first-order valence-electron chi connectivity index (χ1n) is 4.15. The SMILES string of the molecule is CNCC([SiH3])(NC)NC(C)C. The van der Waals surface area contributed by atoms with Gasteiger partial charge in [0, 0.05) is 22.8 Å². The van der Waals surface area contributed by atoms with Gasteiger partial charge in [0.05, 0.1) is 5.29 Å². The molecule has 11 heavy (non-hydrogen) atoms. The molecule has 0 heterocycles. The van der Waals surface area contributed by atoms with Crippen LogP contribution in [0, 0.1) is 0 Å². The summed E-state index contributed by atoms with van der Waals surface area (Å²) in [6.45, 7) is 5.31. The highest BCUT2D eigenvalue weighted by Gasteiger charge is 2.20. The molecule has 0 aliphatic carbocycles. The maximum atomic E-state index is 3.49. The quantitative estimate of drug-likeness (QED) is 0.349. The Bertz CT molecular complexity index is 108. The van der Waals surface area contributed by atoms with Crippen LogP contribution in [0.4, 0.5) is 0 Å². The van der Waals surface area contributed by atoms with Crippen molar-refractivity contribution in [1.82, 2.24) is 16.0 Å². The Labute approximate surface area is 72.7 Å². The van der Waals surface area contributed by atoms with Crippen LogP contribution >= 0.6 is 0 Å². The van der Waals surface area contributed by atoms with Gasteiger partial charge in [0.25, 0.3) is 0 Å². The molecule has 0 amide bonds. The number of hydrogen-bond donors (Lipinski definition) is 3. The van der Waals surface area contributed by atoms with Crippen LogP contribution in [0.5, 0.6) is 0 Å². The van der Waals surface area contributed by atoms with Crippen LogP contribution in [-0.4, -0.2) is 42.2 Å². The van der Waals surface area contributed by atoms with E-state index < -0.39 is 0 Å². The molecule has 0 rings (SSSR count). The molecule has 0 spiro atoms. The van der Waals surface area contributed by atoms with Gasteiger partial charge in [0.1, 0.15) is 0 Å². The van der Waals surface area contributed by atoms with Crippen molar-refractivity contribution in [2.24, 2.45) is 0 Å². The summed E-state index contributed by atoms with van der Waals surface area (Å²) in [6, 6.07) is 0.535. The zero-order chi connectivity index (χ0) is 8.91. The van der Waals surface area contributed by atoms with Crippen LogP contribution in [0.15, 0.2) is 0 Å². The van der Waals surface area contributed by atoms with Gasteiger partial charge in [-0.25, -0.2) is 0 Å². The molecule has 1 unspecified atom stereocenters. The van der Waals surface area contributed by atoms with Crippen molar-refractivity contribution in [2.75, 3.05) is 20.6 Å². The van der Waals surface area contributed by atoms with Gasteiger partial charge in [-0.1, -0.05) is 0 Å². The molecule has 4 heteroatoms.